The van der Waals surface area contributed by atoms with Crippen LogP contribution in [0.3, 0.4) is 0 Å². The molecule has 0 aliphatic heterocycles. The molecule has 0 radical (unpaired) electrons. The zero-order chi connectivity index (χ0) is 11.6. The van der Waals surface area contributed by atoms with Crippen LogP contribution in [0.5, 0.6) is 0 Å². The Morgan fingerprint density at radius 1 is 1.67 bits per heavy atom. The molecule has 0 bridgehead atoms. The van der Waals surface area contributed by atoms with Crippen molar-refractivity contribution in [2.45, 2.75) is 6.43 Å². The molecular formula is C8H3BrF2N2O2. The van der Waals surface area contributed by atoms with Gasteiger partial charge in [0.1, 0.15) is 10.7 Å². The van der Waals surface area contributed by atoms with Crippen molar-refractivity contribution in [3.63, 3.8) is 0 Å². The van der Waals surface area contributed by atoms with E-state index >= 15 is 0 Å². The zero-order valence-corrected chi connectivity index (χ0v) is 8.62. The van der Waals surface area contributed by atoms with E-state index in [9.17, 15) is 13.6 Å². The van der Waals surface area contributed by atoms with E-state index in [-0.39, 0.29) is 10.2 Å². The molecule has 78 valence electrons. The maximum absolute atomic E-state index is 12.4. The average Bonchev–Trinajstić information content (AvgIpc) is 2.16. The van der Waals surface area contributed by atoms with E-state index in [1.807, 2.05) is 0 Å². The Morgan fingerprint density at radius 2 is 2.27 bits per heavy atom. The molecule has 1 aromatic rings. The summed E-state index contributed by atoms with van der Waals surface area (Å²) >= 11 is 2.82. The van der Waals surface area contributed by atoms with Crippen molar-refractivity contribution in [1.29, 1.82) is 5.26 Å². The fourth-order valence-corrected chi connectivity index (χ4v) is 1.30. The van der Waals surface area contributed by atoms with Gasteiger partial charge in [0.15, 0.2) is 5.69 Å². The number of carbonyl (C=O) groups is 1. The maximum Gasteiger partial charge on any atom is 0.355 e. The normalized spacial score (nSPS) is 10.1. The molecule has 0 saturated carbocycles. The number of hydrogen-bond donors (Lipinski definition) is 1. The van der Waals surface area contributed by atoms with Gasteiger partial charge in [0.2, 0.25) is 0 Å². The van der Waals surface area contributed by atoms with Crippen molar-refractivity contribution < 1.29 is 18.7 Å². The Hall–Kier alpha value is -1.55. The number of halogens is 3. The molecule has 0 fully saturated rings. The van der Waals surface area contributed by atoms with E-state index in [2.05, 4.69) is 20.9 Å². The van der Waals surface area contributed by atoms with Crippen molar-refractivity contribution in [2.75, 3.05) is 0 Å². The molecule has 1 N–H and O–H groups in total. The van der Waals surface area contributed by atoms with Gasteiger partial charge in [0.05, 0.1) is 11.1 Å². The van der Waals surface area contributed by atoms with Gasteiger partial charge >= 0.3 is 5.97 Å². The molecule has 0 spiro atoms. The average molecular weight is 277 g/mol. The topological polar surface area (TPSA) is 74.0 Å². The van der Waals surface area contributed by atoms with Crippen molar-refractivity contribution in [3.05, 3.63) is 27.5 Å². The van der Waals surface area contributed by atoms with E-state index in [4.69, 9.17) is 10.4 Å². The Bertz CT molecular complexity index is 457. The molecule has 1 rings (SSSR count). The highest BCUT2D eigenvalue weighted by Crippen LogP contribution is 2.26. The molecule has 0 aliphatic rings. The summed E-state index contributed by atoms with van der Waals surface area (Å²) < 4.78 is 24.8. The predicted molar refractivity (Wildman–Crippen MR) is 48.6 cm³/mol. The van der Waals surface area contributed by atoms with Crippen LogP contribution in [0.25, 0.3) is 0 Å². The monoisotopic (exact) mass is 276 g/mol. The van der Waals surface area contributed by atoms with Crippen molar-refractivity contribution in [3.8, 4) is 6.07 Å². The fourth-order valence-electron chi connectivity index (χ4n) is 0.922. The Kier molecular flexibility index (Phi) is 3.31. The van der Waals surface area contributed by atoms with Gasteiger partial charge in [-0.25, -0.2) is 18.6 Å². The summed E-state index contributed by atoms with van der Waals surface area (Å²) in [6.45, 7) is 0. The molecule has 0 unspecified atom stereocenters. The lowest BCUT2D eigenvalue weighted by atomic mass is 10.1. The molecule has 4 nitrogen and oxygen atoms in total. The highest BCUT2D eigenvalue weighted by molar-refractivity contribution is 9.10. The summed E-state index contributed by atoms with van der Waals surface area (Å²) in [6.07, 6.45) is -2.98. The molecule has 0 saturated heterocycles. The standard InChI is InChI=1S/C8H3BrF2N2O2/c9-6-3(2-12)1-4(7(10)11)5(13-6)8(14)15/h1,7H,(H,14,15). The maximum atomic E-state index is 12.4. The van der Waals surface area contributed by atoms with Crippen molar-refractivity contribution in [2.24, 2.45) is 0 Å². The van der Waals surface area contributed by atoms with Gasteiger partial charge in [-0.1, -0.05) is 0 Å². The van der Waals surface area contributed by atoms with Gasteiger partial charge in [-0.3, -0.25) is 0 Å². The second-order valence-corrected chi connectivity index (χ2v) is 3.23. The van der Waals surface area contributed by atoms with Gasteiger partial charge in [0, 0.05) is 0 Å². The molecule has 7 heteroatoms. The molecular weight excluding hydrogens is 274 g/mol. The molecule has 1 heterocycles. The lowest BCUT2D eigenvalue weighted by molar-refractivity contribution is 0.0677. The van der Waals surface area contributed by atoms with Crippen LogP contribution in [-0.2, 0) is 0 Å². The summed E-state index contributed by atoms with van der Waals surface area (Å²) in [5, 5.41) is 17.1. The predicted octanol–water partition coefficient (Wildman–Crippen LogP) is 2.35. The van der Waals surface area contributed by atoms with Crippen LogP contribution < -0.4 is 0 Å². The molecule has 15 heavy (non-hydrogen) atoms. The Labute approximate surface area is 91.3 Å². The smallest absolute Gasteiger partial charge is 0.355 e. The SMILES string of the molecule is N#Cc1cc(C(F)F)c(C(=O)O)nc1Br. The highest BCUT2D eigenvalue weighted by Gasteiger charge is 2.21. The number of aromatic nitrogens is 1. The van der Waals surface area contributed by atoms with Gasteiger partial charge in [-0.15, -0.1) is 0 Å². The van der Waals surface area contributed by atoms with Gasteiger partial charge in [0.25, 0.3) is 6.43 Å². The third-order valence-electron chi connectivity index (χ3n) is 1.56. The first kappa shape index (κ1) is 11.5. The molecule has 0 atom stereocenters. The second kappa shape index (κ2) is 4.31. The summed E-state index contributed by atoms with van der Waals surface area (Å²) in [5.41, 5.74) is -1.64. The second-order valence-electron chi connectivity index (χ2n) is 2.48. The number of nitrogens with zero attached hydrogens (tertiary/aromatic N) is 2. The molecule has 1 aromatic heterocycles. The van der Waals surface area contributed by atoms with E-state index in [0.29, 0.717) is 0 Å². The summed E-state index contributed by atoms with van der Waals surface area (Å²) in [7, 11) is 0. The number of nitriles is 1. The third-order valence-corrected chi connectivity index (χ3v) is 2.17. The van der Waals surface area contributed by atoms with Crippen LogP contribution in [0.15, 0.2) is 10.7 Å². The third kappa shape index (κ3) is 2.27. The minimum atomic E-state index is -2.98. The van der Waals surface area contributed by atoms with Gasteiger partial charge in [-0.2, -0.15) is 5.26 Å². The number of carboxylic acid groups (broad SMARTS) is 1. The first-order valence-electron chi connectivity index (χ1n) is 3.59. The van der Waals surface area contributed by atoms with E-state index in [0.717, 1.165) is 6.07 Å². The van der Waals surface area contributed by atoms with Crippen LogP contribution in [-0.4, -0.2) is 16.1 Å². The quantitative estimate of drug-likeness (QED) is 0.842. The van der Waals surface area contributed by atoms with Gasteiger partial charge < -0.3 is 5.11 Å². The first-order chi connectivity index (χ1) is 6.97. The number of hydrogen-bond acceptors (Lipinski definition) is 3. The number of pyridine rings is 1. The van der Waals surface area contributed by atoms with Crippen LogP contribution in [0.4, 0.5) is 8.78 Å². The number of rotatable bonds is 2. The number of aromatic carboxylic acids is 1. The number of carboxylic acids is 1. The summed E-state index contributed by atoms with van der Waals surface area (Å²) in [4.78, 5) is 14.0. The lowest BCUT2D eigenvalue weighted by Gasteiger charge is -2.05. The van der Waals surface area contributed by atoms with Crippen LogP contribution in [0.1, 0.15) is 28.0 Å². The largest absolute Gasteiger partial charge is 0.476 e. The fraction of sp³-hybridized carbons (Fsp3) is 0.125. The van der Waals surface area contributed by atoms with Crippen molar-refractivity contribution in [1.82, 2.24) is 4.98 Å². The molecule has 0 amide bonds. The minimum absolute atomic E-state index is 0.0631. The summed E-state index contributed by atoms with van der Waals surface area (Å²) in [5.74, 6) is -1.56. The van der Waals surface area contributed by atoms with E-state index < -0.39 is 23.7 Å². The van der Waals surface area contributed by atoms with Crippen molar-refractivity contribution >= 4 is 21.9 Å². The van der Waals surface area contributed by atoms with Crippen LogP contribution >= 0.6 is 15.9 Å². The summed E-state index contributed by atoms with van der Waals surface area (Å²) in [6, 6.07) is 2.43. The minimum Gasteiger partial charge on any atom is -0.476 e. The van der Waals surface area contributed by atoms with Crippen LogP contribution in [0.2, 0.25) is 0 Å². The zero-order valence-electron chi connectivity index (χ0n) is 7.04. The first-order valence-corrected chi connectivity index (χ1v) is 4.38. The van der Waals surface area contributed by atoms with Gasteiger partial charge in [-0.05, 0) is 22.0 Å². The lowest BCUT2D eigenvalue weighted by Crippen LogP contribution is -2.07. The van der Waals surface area contributed by atoms with E-state index in [1.54, 1.807) is 6.07 Å². The van der Waals surface area contributed by atoms with Crippen LogP contribution in [0, 0.1) is 11.3 Å². The Morgan fingerprint density at radius 3 is 2.67 bits per heavy atom. The Balaban J connectivity index is 3.47. The molecule has 0 aliphatic carbocycles. The van der Waals surface area contributed by atoms with E-state index in [1.165, 1.54) is 0 Å². The number of alkyl halides is 2. The molecule has 0 aromatic carbocycles. The highest BCUT2D eigenvalue weighted by atomic mass is 79.9.